The van der Waals surface area contributed by atoms with E-state index in [9.17, 15) is 13.2 Å². The molecule has 0 aliphatic carbocycles. The van der Waals surface area contributed by atoms with Gasteiger partial charge < -0.3 is 5.11 Å². The van der Waals surface area contributed by atoms with E-state index in [1.807, 2.05) is 0 Å². The van der Waals surface area contributed by atoms with Gasteiger partial charge in [-0.2, -0.15) is 0 Å². The Bertz CT molecular complexity index is 391. The monoisotopic (exact) mass is 234 g/mol. The van der Waals surface area contributed by atoms with Crippen LogP contribution in [0, 0.1) is 0 Å². The Balaban J connectivity index is 2.55. The summed E-state index contributed by atoms with van der Waals surface area (Å²) in [5.74, 6) is -1.43. The molecule has 0 spiro atoms. The highest BCUT2D eigenvalue weighted by Gasteiger charge is 2.14. The van der Waals surface area contributed by atoms with Crippen LogP contribution in [0.5, 0.6) is 0 Å². The van der Waals surface area contributed by atoms with Crippen molar-refractivity contribution in [2.45, 2.75) is 12.2 Å². The molecule has 1 aromatic rings. The Morgan fingerprint density at radius 3 is 2.71 bits per heavy atom. The van der Waals surface area contributed by atoms with Crippen molar-refractivity contribution in [1.29, 1.82) is 0 Å². The van der Waals surface area contributed by atoms with Crippen LogP contribution in [0.1, 0.15) is 11.3 Å². The average Bonchev–Trinajstić information content (AvgIpc) is 2.53. The van der Waals surface area contributed by atoms with Crippen molar-refractivity contribution in [3.05, 3.63) is 22.4 Å². The van der Waals surface area contributed by atoms with Gasteiger partial charge in [0.15, 0.2) is 9.84 Å². The van der Waals surface area contributed by atoms with Crippen molar-refractivity contribution in [3.8, 4) is 0 Å². The molecule has 0 aliphatic heterocycles. The van der Waals surface area contributed by atoms with Gasteiger partial charge in [0.25, 0.3) is 0 Å². The molecule has 1 rings (SSSR count). The van der Waals surface area contributed by atoms with Crippen LogP contribution < -0.4 is 0 Å². The molecule has 0 fully saturated rings. The van der Waals surface area contributed by atoms with Crippen LogP contribution in [0.25, 0.3) is 0 Å². The van der Waals surface area contributed by atoms with Gasteiger partial charge in [-0.3, -0.25) is 4.79 Å². The standard InChI is InChI=1S/C8H10O4S2/c9-8(10)3-5-14(11,12)6-7-2-1-4-13-7/h1-2,4H,3,5-6H2,(H,9,10). The maximum Gasteiger partial charge on any atom is 0.304 e. The quantitative estimate of drug-likeness (QED) is 0.829. The van der Waals surface area contributed by atoms with E-state index < -0.39 is 15.8 Å². The van der Waals surface area contributed by atoms with Crippen LogP contribution in [0.15, 0.2) is 17.5 Å². The van der Waals surface area contributed by atoms with E-state index in [0.29, 0.717) is 0 Å². The molecule has 0 saturated carbocycles. The lowest BCUT2D eigenvalue weighted by atomic mass is 10.5. The molecule has 6 heteroatoms. The lowest BCUT2D eigenvalue weighted by Gasteiger charge is -1.99. The molecule has 1 aromatic heterocycles. The molecule has 0 aliphatic rings. The van der Waals surface area contributed by atoms with Gasteiger partial charge in [-0.15, -0.1) is 11.3 Å². The van der Waals surface area contributed by atoms with Crippen LogP contribution in [0.3, 0.4) is 0 Å². The van der Waals surface area contributed by atoms with Gasteiger partial charge in [-0.1, -0.05) is 6.07 Å². The number of rotatable bonds is 5. The number of hydrogen-bond acceptors (Lipinski definition) is 4. The van der Waals surface area contributed by atoms with E-state index in [1.165, 1.54) is 11.3 Å². The highest BCUT2D eigenvalue weighted by molar-refractivity contribution is 7.90. The Kier molecular flexibility index (Phi) is 3.65. The molecule has 1 heterocycles. The minimum Gasteiger partial charge on any atom is -0.481 e. The zero-order valence-electron chi connectivity index (χ0n) is 7.34. The summed E-state index contributed by atoms with van der Waals surface area (Å²) >= 11 is 1.36. The predicted octanol–water partition coefficient (Wildman–Crippen LogP) is 1.14. The Labute approximate surface area is 86.1 Å². The fourth-order valence-corrected chi connectivity index (χ4v) is 3.39. The van der Waals surface area contributed by atoms with Crippen LogP contribution in [-0.2, 0) is 20.4 Å². The predicted molar refractivity (Wildman–Crippen MR) is 54.1 cm³/mol. The molecule has 0 unspecified atom stereocenters. The van der Waals surface area contributed by atoms with Gasteiger partial charge >= 0.3 is 5.97 Å². The van der Waals surface area contributed by atoms with E-state index in [1.54, 1.807) is 17.5 Å². The molecular weight excluding hydrogens is 224 g/mol. The Morgan fingerprint density at radius 1 is 1.50 bits per heavy atom. The summed E-state index contributed by atoms with van der Waals surface area (Å²) in [5.41, 5.74) is 0. The summed E-state index contributed by atoms with van der Waals surface area (Å²) in [6, 6.07) is 3.50. The van der Waals surface area contributed by atoms with Gasteiger partial charge in [0.2, 0.25) is 0 Å². The molecule has 0 saturated heterocycles. The first-order valence-electron chi connectivity index (χ1n) is 3.94. The first kappa shape index (κ1) is 11.2. The van der Waals surface area contributed by atoms with Gasteiger partial charge in [-0.25, -0.2) is 8.42 Å². The highest BCUT2D eigenvalue weighted by Crippen LogP contribution is 2.13. The third-order valence-corrected chi connectivity index (χ3v) is 4.21. The van der Waals surface area contributed by atoms with Crippen LogP contribution in [-0.4, -0.2) is 25.2 Å². The van der Waals surface area contributed by atoms with E-state index in [-0.39, 0.29) is 17.9 Å². The van der Waals surface area contributed by atoms with Crippen molar-refractivity contribution in [2.24, 2.45) is 0 Å². The highest BCUT2D eigenvalue weighted by atomic mass is 32.2. The van der Waals surface area contributed by atoms with Crippen LogP contribution in [0.4, 0.5) is 0 Å². The number of carbonyl (C=O) groups is 1. The molecule has 0 amide bonds. The second kappa shape index (κ2) is 4.56. The SMILES string of the molecule is O=C(O)CCS(=O)(=O)Cc1cccs1. The van der Waals surface area contributed by atoms with E-state index >= 15 is 0 Å². The minimum atomic E-state index is -3.27. The summed E-state index contributed by atoms with van der Waals surface area (Å²) in [6.07, 6.45) is -0.326. The number of aliphatic carboxylic acids is 1. The van der Waals surface area contributed by atoms with E-state index in [2.05, 4.69) is 0 Å². The summed E-state index contributed by atoms with van der Waals surface area (Å²) in [5, 5.41) is 10.1. The minimum absolute atomic E-state index is 0.0576. The molecule has 0 bridgehead atoms. The summed E-state index contributed by atoms with van der Waals surface area (Å²) in [7, 11) is -3.27. The molecule has 0 atom stereocenters. The van der Waals surface area contributed by atoms with Crippen molar-refractivity contribution in [2.75, 3.05) is 5.75 Å². The topological polar surface area (TPSA) is 71.4 Å². The lowest BCUT2D eigenvalue weighted by Crippen LogP contribution is -2.12. The smallest absolute Gasteiger partial charge is 0.304 e. The fourth-order valence-electron chi connectivity index (χ4n) is 0.926. The molecule has 0 radical (unpaired) electrons. The normalized spacial score (nSPS) is 11.4. The molecule has 4 nitrogen and oxygen atoms in total. The summed E-state index contributed by atoms with van der Waals surface area (Å²) in [4.78, 5) is 10.9. The summed E-state index contributed by atoms with van der Waals surface area (Å²) < 4.78 is 22.7. The van der Waals surface area contributed by atoms with Crippen molar-refractivity contribution < 1.29 is 18.3 Å². The fraction of sp³-hybridized carbons (Fsp3) is 0.375. The van der Waals surface area contributed by atoms with E-state index in [0.717, 1.165) is 4.88 Å². The first-order chi connectivity index (χ1) is 6.49. The zero-order valence-corrected chi connectivity index (χ0v) is 8.97. The van der Waals surface area contributed by atoms with Gasteiger partial charge in [0.1, 0.15) is 0 Å². The lowest BCUT2D eigenvalue weighted by molar-refractivity contribution is -0.136. The number of carboxylic acids is 1. The van der Waals surface area contributed by atoms with Crippen LogP contribution >= 0.6 is 11.3 Å². The maximum absolute atomic E-state index is 11.3. The zero-order chi connectivity index (χ0) is 10.6. The summed E-state index contributed by atoms with van der Waals surface area (Å²) in [6.45, 7) is 0. The molecule has 1 N–H and O–H groups in total. The molecule has 0 aromatic carbocycles. The number of hydrogen-bond donors (Lipinski definition) is 1. The van der Waals surface area contributed by atoms with E-state index in [4.69, 9.17) is 5.11 Å². The Hall–Kier alpha value is -0.880. The second-order valence-electron chi connectivity index (χ2n) is 2.82. The van der Waals surface area contributed by atoms with Crippen molar-refractivity contribution in [1.82, 2.24) is 0 Å². The van der Waals surface area contributed by atoms with Gasteiger partial charge in [0, 0.05) is 4.88 Å². The van der Waals surface area contributed by atoms with Crippen LogP contribution in [0.2, 0.25) is 0 Å². The van der Waals surface area contributed by atoms with Gasteiger partial charge in [0.05, 0.1) is 17.9 Å². The average molecular weight is 234 g/mol. The molecule has 14 heavy (non-hydrogen) atoms. The van der Waals surface area contributed by atoms with Crippen molar-refractivity contribution >= 4 is 27.1 Å². The largest absolute Gasteiger partial charge is 0.481 e. The third kappa shape index (κ3) is 3.89. The van der Waals surface area contributed by atoms with Gasteiger partial charge in [-0.05, 0) is 11.4 Å². The Morgan fingerprint density at radius 2 is 2.21 bits per heavy atom. The number of sulfone groups is 1. The third-order valence-electron chi connectivity index (χ3n) is 1.57. The van der Waals surface area contributed by atoms with Crippen molar-refractivity contribution in [3.63, 3.8) is 0 Å². The second-order valence-corrected chi connectivity index (χ2v) is 6.03. The first-order valence-corrected chi connectivity index (χ1v) is 6.64. The molecule has 78 valence electrons. The molecular formula is C8H10O4S2. The number of thiophene rings is 1. The maximum atomic E-state index is 11.3. The number of carboxylic acid groups (broad SMARTS) is 1.